The molecule has 4 heterocycles. The minimum absolute atomic E-state index is 0.00717. The molecule has 11 heteroatoms. The molecule has 2 aliphatic heterocycles. The first-order valence-electron chi connectivity index (χ1n) is 14.8. The average Bonchev–Trinajstić information content (AvgIpc) is 3.46. The van der Waals surface area contributed by atoms with Crippen molar-refractivity contribution < 1.29 is 19.0 Å². The fraction of sp³-hybridized carbons (Fsp3) is 0.548. The minimum atomic E-state index is -0.864. The third-order valence-corrected chi connectivity index (χ3v) is 8.86. The van der Waals surface area contributed by atoms with Crippen molar-refractivity contribution in [3.63, 3.8) is 0 Å². The molecule has 3 aromatic rings. The quantitative estimate of drug-likeness (QED) is 0.364. The maximum absolute atomic E-state index is 14.9. The zero-order valence-corrected chi connectivity index (χ0v) is 24.9. The predicted molar refractivity (Wildman–Crippen MR) is 157 cm³/mol. The molecular formula is C31H38ClFN6O3. The van der Waals surface area contributed by atoms with Gasteiger partial charge in [-0.05, 0) is 68.9 Å². The molecule has 9 nitrogen and oxygen atoms in total. The third-order valence-electron chi connectivity index (χ3n) is 8.66. The lowest BCUT2D eigenvalue weighted by molar-refractivity contribution is -0.131. The van der Waals surface area contributed by atoms with Crippen LogP contribution in [0.4, 0.5) is 10.3 Å². The largest absolute Gasteiger partial charge is 0.493 e. The molecule has 1 amide bonds. The molecule has 1 aromatic carbocycles. The second kappa shape index (κ2) is 11.8. The number of rotatable bonds is 10. The van der Waals surface area contributed by atoms with E-state index in [0.717, 1.165) is 61.4 Å². The van der Waals surface area contributed by atoms with Crippen molar-refractivity contribution in [2.75, 3.05) is 24.6 Å². The van der Waals surface area contributed by atoms with Crippen molar-refractivity contribution >= 4 is 23.5 Å². The summed E-state index contributed by atoms with van der Waals surface area (Å²) in [6.45, 7) is 7.18. The van der Waals surface area contributed by atoms with Gasteiger partial charge in [-0.25, -0.2) is 14.4 Å². The Morgan fingerprint density at radius 1 is 1.19 bits per heavy atom. The maximum Gasteiger partial charge on any atom is 0.227 e. The van der Waals surface area contributed by atoms with Crippen molar-refractivity contribution in [2.24, 2.45) is 17.8 Å². The van der Waals surface area contributed by atoms with Gasteiger partial charge < -0.3 is 19.6 Å². The fourth-order valence-corrected chi connectivity index (χ4v) is 6.50. The zero-order valence-electron chi connectivity index (χ0n) is 24.2. The number of halogens is 2. The van der Waals surface area contributed by atoms with E-state index in [0.29, 0.717) is 48.5 Å². The molecule has 2 atom stereocenters. The predicted octanol–water partition coefficient (Wildman–Crippen LogP) is 4.64. The lowest BCUT2D eigenvalue weighted by Crippen LogP contribution is -2.35. The van der Waals surface area contributed by atoms with Crippen LogP contribution in [0.25, 0.3) is 0 Å². The van der Waals surface area contributed by atoms with Crippen molar-refractivity contribution in [1.29, 1.82) is 0 Å². The molecule has 42 heavy (non-hydrogen) atoms. The van der Waals surface area contributed by atoms with E-state index in [-0.39, 0.29) is 12.3 Å². The lowest BCUT2D eigenvalue weighted by Gasteiger charge is -2.32. The van der Waals surface area contributed by atoms with E-state index in [1.165, 1.54) is 12.5 Å². The third kappa shape index (κ3) is 6.86. The summed E-state index contributed by atoms with van der Waals surface area (Å²) < 4.78 is 22.5. The first kappa shape index (κ1) is 28.9. The van der Waals surface area contributed by atoms with E-state index in [2.05, 4.69) is 20.0 Å². The van der Waals surface area contributed by atoms with Gasteiger partial charge in [-0.3, -0.25) is 9.48 Å². The molecule has 1 aliphatic carbocycles. The number of carbonyl (C=O) groups is 1. The monoisotopic (exact) mass is 596 g/mol. The molecule has 2 unspecified atom stereocenters. The summed E-state index contributed by atoms with van der Waals surface area (Å²) in [7, 11) is 0. The highest BCUT2D eigenvalue weighted by Crippen LogP contribution is 2.49. The normalized spacial score (nSPS) is 20.6. The van der Waals surface area contributed by atoms with Crippen LogP contribution in [-0.2, 0) is 30.8 Å². The van der Waals surface area contributed by atoms with Gasteiger partial charge in [0.25, 0.3) is 0 Å². The number of piperidine rings is 1. The average molecular weight is 597 g/mol. The van der Waals surface area contributed by atoms with Crippen molar-refractivity contribution in [1.82, 2.24) is 24.6 Å². The summed E-state index contributed by atoms with van der Waals surface area (Å²) in [5.41, 5.74) is 1.29. The summed E-state index contributed by atoms with van der Waals surface area (Å²) in [5.74, 6) is 2.82. The number of amides is 1. The molecule has 1 N–H and O–H groups in total. The molecule has 0 spiro atoms. The lowest BCUT2D eigenvalue weighted by atomic mass is 9.90. The van der Waals surface area contributed by atoms with Gasteiger partial charge in [-0.15, -0.1) is 0 Å². The molecule has 224 valence electrons. The van der Waals surface area contributed by atoms with E-state index in [1.54, 1.807) is 48.0 Å². The number of fused-ring (bicyclic) bond motifs is 1. The Morgan fingerprint density at radius 2 is 1.95 bits per heavy atom. The van der Waals surface area contributed by atoms with Gasteiger partial charge in [0.05, 0.1) is 54.8 Å². The standard InChI is InChI=1S/C31H38ClFN6O3/c1-31(2,41)19-39-17-23-16-38(18-28(23)36-39)29(40)12-22-3-4-25(13-27(22)33)42-10-7-21-11-26(21)20-5-8-37(9-6-20)30-34-14-24(32)15-35-30/h3-4,13-15,17,20-21,26,41H,5-12,16,18-19H2,1-2H3. The number of carbonyl (C=O) groups excluding carboxylic acids is 1. The number of hydrogen-bond donors (Lipinski definition) is 1. The molecule has 3 aliphatic rings. The molecule has 1 saturated heterocycles. The summed E-state index contributed by atoms with van der Waals surface area (Å²) in [4.78, 5) is 25.5. The van der Waals surface area contributed by atoms with E-state index in [1.807, 2.05) is 6.20 Å². The molecule has 2 fully saturated rings. The Morgan fingerprint density at radius 3 is 2.64 bits per heavy atom. The maximum atomic E-state index is 14.9. The topological polar surface area (TPSA) is 96.6 Å². The number of aromatic nitrogens is 4. The molecular weight excluding hydrogens is 559 g/mol. The number of benzene rings is 1. The second-order valence-corrected chi connectivity index (χ2v) is 13.0. The molecule has 0 radical (unpaired) electrons. The number of aliphatic hydroxyl groups is 1. The van der Waals surface area contributed by atoms with Crippen molar-refractivity contribution in [3.8, 4) is 5.75 Å². The van der Waals surface area contributed by atoms with Gasteiger partial charge in [0.15, 0.2) is 0 Å². The van der Waals surface area contributed by atoms with Crippen LogP contribution in [0.2, 0.25) is 5.02 Å². The number of ether oxygens (including phenoxy) is 1. The highest BCUT2D eigenvalue weighted by molar-refractivity contribution is 6.30. The Balaban J connectivity index is 0.913. The molecule has 2 aromatic heterocycles. The molecule has 1 saturated carbocycles. The fourth-order valence-electron chi connectivity index (χ4n) is 6.40. The molecule has 6 rings (SSSR count). The Kier molecular flexibility index (Phi) is 8.11. The minimum Gasteiger partial charge on any atom is -0.493 e. The van der Waals surface area contributed by atoms with Gasteiger partial charge in [0.2, 0.25) is 11.9 Å². The Labute approximate surface area is 250 Å². The summed E-state index contributed by atoms with van der Waals surface area (Å²) in [6.07, 6.45) is 9.64. The zero-order chi connectivity index (χ0) is 29.4. The van der Waals surface area contributed by atoms with Gasteiger partial charge in [0, 0.05) is 37.5 Å². The van der Waals surface area contributed by atoms with Crippen molar-refractivity contribution in [2.45, 2.75) is 71.2 Å². The van der Waals surface area contributed by atoms with Crippen LogP contribution in [0.15, 0.2) is 36.8 Å². The van der Waals surface area contributed by atoms with Gasteiger partial charge in [-0.1, -0.05) is 17.7 Å². The van der Waals surface area contributed by atoms with E-state index in [9.17, 15) is 14.3 Å². The van der Waals surface area contributed by atoms with Crippen LogP contribution in [0.5, 0.6) is 5.75 Å². The van der Waals surface area contributed by atoms with E-state index >= 15 is 0 Å². The van der Waals surface area contributed by atoms with Crippen LogP contribution in [0.3, 0.4) is 0 Å². The van der Waals surface area contributed by atoms with Crippen LogP contribution in [-0.4, -0.2) is 61.0 Å². The van der Waals surface area contributed by atoms with Crippen LogP contribution >= 0.6 is 11.6 Å². The molecule has 0 bridgehead atoms. The summed E-state index contributed by atoms with van der Waals surface area (Å²) in [6, 6.07) is 4.80. The van der Waals surface area contributed by atoms with Gasteiger partial charge >= 0.3 is 0 Å². The van der Waals surface area contributed by atoms with E-state index < -0.39 is 11.4 Å². The van der Waals surface area contributed by atoms with Crippen LogP contribution in [0, 0.1) is 23.6 Å². The van der Waals surface area contributed by atoms with Crippen LogP contribution < -0.4 is 9.64 Å². The van der Waals surface area contributed by atoms with Crippen molar-refractivity contribution in [3.05, 3.63) is 64.5 Å². The van der Waals surface area contributed by atoms with Gasteiger partial charge in [0.1, 0.15) is 11.6 Å². The van der Waals surface area contributed by atoms with E-state index in [4.69, 9.17) is 16.3 Å². The first-order chi connectivity index (χ1) is 20.1. The smallest absolute Gasteiger partial charge is 0.227 e. The summed E-state index contributed by atoms with van der Waals surface area (Å²) in [5, 5.41) is 15.1. The highest BCUT2D eigenvalue weighted by Gasteiger charge is 2.43. The number of nitrogens with zero attached hydrogens (tertiary/aromatic N) is 6. The highest BCUT2D eigenvalue weighted by atomic mass is 35.5. The second-order valence-electron chi connectivity index (χ2n) is 12.6. The number of anilines is 1. The Bertz CT molecular complexity index is 1390. The van der Waals surface area contributed by atoms with Crippen LogP contribution in [0.1, 0.15) is 56.4 Å². The Hall–Kier alpha value is -3.24. The number of hydrogen-bond acceptors (Lipinski definition) is 7. The first-order valence-corrected chi connectivity index (χ1v) is 15.2. The summed E-state index contributed by atoms with van der Waals surface area (Å²) >= 11 is 5.91. The van der Waals surface area contributed by atoms with Gasteiger partial charge in [-0.2, -0.15) is 5.10 Å². The SMILES string of the molecule is CC(C)(O)Cn1cc2c(n1)CN(C(=O)Cc1ccc(OCCC3CC3C3CCN(c4ncc(Cl)cn4)CC3)cc1F)C2.